The smallest absolute Gasteiger partial charge is 0.169 e. The van der Waals surface area contributed by atoms with Gasteiger partial charge in [0.25, 0.3) is 0 Å². The average Bonchev–Trinajstić information content (AvgIpc) is 2.56. The van der Waals surface area contributed by atoms with Crippen LogP contribution in [0.3, 0.4) is 0 Å². The van der Waals surface area contributed by atoms with Crippen molar-refractivity contribution in [2.45, 2.75) is 13.8 Å². The van der Waals surface area contributed by atoms with Crippen molar-refractivity contribution in [3.63, 3.8) is 0 Å². The predicted molar refractivity (Wildman–Crippen MR) is 87.3 cm³/mol. The van der Waals surface area contributed by atoms with Gasteiger partial charge in [-0.1, -0.05) is 12.1 Å². The molecule has 0 saturated carbocycles. The first-order valence-electron chi connectivity index (χ1n) is 7.36. The van der Waals surface area contributed by atoms with E-state index in [0.29, 0.717) is 13.2 Å². The van der Waals surface area contributed by atoms with Crippen LogP contribution in [0.15, 0.2) is 36.4 Å². The molecule has 0 bridgehead atoms. The van der Waals surface area contributed by atoms with Crippen molar-refractivity contribution in [1.29, 1.82) is 0 Å². The number of benzene rings is 2. The van der Waals surface area contributed by atoms with E-state index in [-0.39, 0.29) is 0 Å². The van der Waals surface area contributed by atoms with Gasteiger partial charge in [0.1, 0.15) is 11.5 Å². The van der Waals surface area contributed by atoms with Gasteiger partial charge in [0.05, 0.1) is 27.4 Å². The SMILES string of the molecule is CCOc1cccc(-c2cc(OC)ccc2OC)c1OCC. The minimum atomic E-state index is 0.559. The molecule has 118 valence electrons. The largest absolute Gasteiger partial charge is 0.497 e. The standard InChI is InChI=1S/C18H22O4/c1-5-21-17-9-7-8-14(18(17)22-6-2)15-12-13(19-3)10-11-16(15)20-4/h7-12H,5-6H2,1-4H3. The van der Waals surface area contributed by atoms with Crippen LogP contribution in [0, 0.1) is 0 Å². The summed E-state index contributed by atoms with van der Waals surface area (Å²) in [7, 11) is 3.30. The molecule has 0 N–H and O–H groups in total. The molecule has 0 amide bonds. The molecule has 0 heterocycles. The lowest BCUT2D eigenvalue weighted by Crippen LogP contribution is -2.00. The first-order chi connectivity index (χ1) is 10.7. The molecule has 0 radical (unpaired) electrons. The normalized spacial score (nSPS) is 10.2. The summed E-state index contributed by atoms with van der Waals surface area (Å²) in [4.78, 5) is 0. The Kier molecular flexibility index (Phi) is 5.53. The second-order valence-corrected chi connectivity index (χ2v) is 4.57. The topological polar surface area (TPSA) is 36.9 Å². The summed E-state index contributed by atoms with van der Waals surface area (Å²) in [6, 6.07) is 11.5. The number of rotatable bonds is 7. The van der Waals surface area contributed by atoms with Crippen molar-refractivity contribution >= 4 is 0 Å². The van der Waals surface area contributed by atoms with E-state index >= 15 is 0 Å². The Morgan fingerprint density at radius 3 is 2.18 bits per heavy atom. The fourth-order valence-corrected chi connectivity index (χ4v) is 2.31. The fraction of sp³-hybridized carbons (Fsp3) is 0.333. The molecule has 0 spiro atoms. The molecule has 0 saturated heterocycles. The molecular formula is C18H22O4. The number of para-hydroxylation sites is 1. The summed E-state index contributed by atoms with van der Waals surface area (Å²) in [5.74, 6) is 2.97. The van der Waals surface area contributed by atoms with Crippen molar-refractivity contribution in [3.05, 3.63) is 36.4 Å². The molecule has 4 nitrogen and oxygen atoms in total. The maximum atomic E-state index is 5.83. The molecule has 2 aromatic carbocycles. The zero-order chi connectivity index (χ0) is 15.9. The first kappa shape index (κ1) is 16.0. The summed E-state index contributed by atoms with van der Waals surface area (Å²) in [5, 5.41) is 0. The number of ether oxygens (including phenoxy) is 4. The fourth-order valence-electron chi connectivity index (χ4n) is 2.31. The highest BCUT2D eigenvalue weighted by Gasteiger charge is 2.16. The van der Waals surface area contributed by atoms with Crippen LogP contribution in [0.4, 0.5) is 0 Å². The van der Waals surface area contributed by atoms with E-state index in [1.807, 2.05) is 50.2 Å². The highest BCUT2D eigenvalue weighted by molar-refractivity contribution is 5.79. The van der Waals surface area contributed by atoms with Crippen LogP contribution >= 0.6 is 0 Å². The molecular weight excluding hydrogens is 280 g/mol. The van der Waals surface area contributed by atoms with Crippen LogP contribution in [0.1, 0.15) is 13.8 Å². The Hall–Kier alpha value is -2.36. The second kappa shape index (κ2) is 7.59. The third-order valence-electron chi connectivity index (χ3n) is 3.26. The van der Waals surface area contributed by atoms with Crippen LogP contribution in [0.25, 0.3) is 11.1 Å². The lowest BCUT2D eigenvalue weighted by atomic mass is 10.0. The Labute approximate surface area is 131 Å². The molecule has 4 heteroatoms. The molecule has 0 aromatic heterocycles. The van der Waals surface area contributed by atoms with Crippen LogP contribution in [0.5, 0.6) is 23.0 Å². The number of hydrogen-bond acceptors (Lipinski definition) is 4. The van der Waals surface area contributed by atoms with E-state index in [2.05, 4.69) is 0 Å². The molecule has 2 aromatic rings. The molecule has 0 aliphatic rings. The van der Waals surface area contributed by atoms with E-state index in [4.69, 9.17) is 18.9 Å². The molecule has 0 aliphatic carbocycles. The van der Waals surface area contributed by atoms with E-state index in [0.717, 1.165) is 34.1 Å². The third kappa shape index (κ3) is 3.27. The molecule has 0 aliphatic heterocycles. The summed E-state index contributed by atoms with van der Waals surface area (Å²) in [6.45, 7) is 5.05. The lowest BCUT2D eigenvalue weighted by Gasteiger charge is -2.17. The maximum Gasteiger partial charge on any atom is 0.169 e. The third-order valence-corrected chi connectivity index (χ3v) is 3.26. The summed E-state index contributed by atoms with van der Waals surface area (Å²) >= 11 is 0. The minimum Gasteiger partial charge on any atom is -0.497 e. The Morgan fingerprint density at radius 2 is 1.55 bits per heavy atom. The monoisotopic (exact) mass is 302 g/mol. The molecule has 0 atom stereocenters. The number of methoxy groups -OCH3 is 2. The van der Waals surface area contributed by atoms with Crippen LogP contribution in [-0.4, -0.2) is 27.4 Å². The van der Waals surface area contributed by atoms with Gasteiger partial charge in [0.15, 0.2) is 11.5 Å². The quantitative estimate of drug-likeness (QED) is 0.769. The predicted octanol–water partition coefficient (Wildman–Crippen LogP) is 4.17. The minimum absolute atomic E-state index is 0.559. The van der Waals surface area contributed by atoms with Gasteiger partial charge in [-0.15, -0.1) is 0 Å². The summed E-state index contributed by atoms with van der Waals surface area (Å²) < 4.78 is 22.3. The van der Waals surface area contributed by atoms with Crippen molar-refractivity contribution in [3.8, 4) is 34.1 Å². The van der Waals surface area contributed by atoms with E-state index in [9.17, 15) is 0 Å². The van der Waals surface area contributed by atoms with Crippen LogP contribution in [-0.2, 0) is 0 Å². The highest BCUT2D eigenvalue weighted by atomic mass is 16.5. The van der Waals surface area contributed by atoms with Crippen molar-refractivity contribution in [1.82, 2.24) is 0 Å². The van der Waals surface area contributed by atoms with Crippen molar-refractivity contribution in [2.24, 2.45) is 0 Å². The second-order valence-electron chi connectivity index (χ2n) is 4.57. The Balaban J connectivity index is 2.62. The number of hydrogen-bond donors (Lipinski definition) is 0. The highest BCUT2D eigenvalue weighted by Crippen LogP contribution is 2.43. The van der Waals surface area contributed by atoms with Gasteiger partial charge in [-0.2, -0.15) is 0 Å². The summed E-state index contributed by atoms with van der Waals surface area (Å²) in [6.07, 6.45) is 0. The Bertz CT molecular complexity index is 622. The molecule has 22 heavy (non-hydrogen) atoms. The molecule has 0 unspecified atom stereocenters. The zero-order valence-corrected chi connectivity index (χ0v) is 13.5. The lowest BCUT2D eigenvalue weighted by molar-refractivity contribution is 0.288. The van der Waals surface area contributed by atoms with Gasteiger partial charge in [0.2, 0.25) is 0 Å². The van der Waals surface area contributed by atoms with Gasteiger partial charge >= 0.3 is 0 Å². The molecule has 0 fully saturated rings. The average molecular weight is 302 g/mol. The van der Waals surface area contributed by atoms with Crippen molar-refractivity contribution < 1.29 is 18.9 Å². The van der Waals surface area contributed by atoms with E-state index in [1.165, 1.54) is 0 Å². The van der Waals surface area contributed by atoms with Crippen LogP contribution in [0.2, 0.25) is 0 Å². The van der Waals surface area contributed by atoms with Crippen LogP contribution < -0.4 is 18.9 Å². The van der Waals surface area contributed by atoms with E-state index in [1.54, 1.807) is 14.2 Å². The van der Waals surface area contributed by atoms with Gasteiger partial charge < -0.3 is 18.9 Å². The zero-order valence-electron chi connectivity index (χ0n) is 13.5. The molecule has 2 rings (SSSR count). The van der Waals surface area contributed by atoms with E-state index < -0.39 is 0 Å². The van der Waals surface area contributed by atoms with Gasteiger partial charge in [0, 0.05) is 11.1 Å². The van der Waals surface area contributed by atoms with Gasteiger partial charge in [-0.25, -0.2) is 0 Å². The maximum absolute atomic E-state index is 5.83. The first-order valence-corrected chi connectivity index (χ1v) is 7.36. The van der Waals surface area contributed by atoms with Gasteiger partial charge in [-0.05, 0) is 38.1 Å². The summed E-state index contributed by atoms with van der Waals surface area (Å²) in [5.41, 5.74) is 1.83. The Morgan fingerprint density at radius 1 is 0.773 bits per heavy atom. The van der Waals surface area contributed by atoms with Crippen molar-refractivity contribution in [2.75, 3.05) is 27.4 Å². The van der Waals surface area contributed by atoms with Gasteiger partial charge in [-0.3, -0.25) is 0 Å².